The van der Waals surface area contributed by atoms with Crippen molar-refractivity contribution in [3.8, 4) is 11.1 Å². The minimum Gasteiger partial charge on any atom is -0.348 e. The number of benzene rings is 1. The van der Waals surface area contributed by atoms with E-state index in [4.69, 9.17) is 4.98 Å². The number of aromatic amines is 1. The fraction of sp³-hybridized carbons (Fsp3) is 0.286. The highest BCUT2D eigenvalue weighted by atomic mass is 15.2. The molecule has 0 radical (unpaired) electrons. The highest BCUT2D eigenvalue weighted by Gasteiger charge is 2.23. The largest absolute Gasteiger partial charge is 0.348 e. The Balaban J connectivity index is 1.35. The first kappa shape index (κ1) is 16.2. The lowest BCUT2D eigenvalue weighted by atomic mass is 9.97. The molecule has 1 saturated heterocycles. The second kappa shape index (κ2) is 6.96. The Morgan fingerprint density at radius 2 is 2.04 bits per heavy atom. The maximum atomic E-state index is 4.71. The summed E-state index contributed by atoms with van der Waals surface area (Å²) in [7, 11) is 0. The van der Waals surface area contributed by atoms with Gasteiger partial charge < -0.3 is 4.98 Å². The van der Waals surface area contributed by atoms with E-state index < -0.39 is 0 Å². The summed E-state index contributed by atoms with van der Waals surface area (Å²) in [5, 5.41) is 4.53. The molecule has 4 heterocycles. The lowest BCUT2D eigenvalue weighted by molar-refractivity contribution is 0.196. The number of hydrogen-bond donors (Lipinski definition) is 1. The average Bonchev–Trinajstić information content (AvgIpc) is 3.39. The molecule has 3 aromatic heterocycles. The third kappa shape index (κ3) is 3.24. The van der Waals surface area contributed by atoms with E-state index in [2.05, 4.69) is 38.3 Å². The Bertz CT molecular complexity index is 1020. The van der Waals surface area contributed by atoms with Gasteiger partial charge in [-0.25, -0.2) is 14.5 Å². The minimum atomic E-state index is 0.486. The molecule has 1 aliphatic heterocycles. The van der Waals surface area contributed by atoms with Gasteiger partial charge in [-0.05, 0) is 24.9 Å². The molecule has 4 aromatic rings. The molecule has 0 aliphatic carbocycles. The average molecular weight is 358 g/mol. The van der Waals surface area contributed by atoms with E-state index in [1.54, 1.807) is 0 Å². The molecular formula is C21H22N6. The third-order valence-corrected chi connectivity index (χ3v) is 5.31. The van der Waals surface area contributed by atoms with Crippen molar-refractivity contribution >= 4 is 5.65 Å². The van der Waals surface area contributed by atoms with Crippen molar-refractivity contribution in [1.29, 1.82) is 0 Å². The van der Waals surface area contributed by atoms with Gasteiger partial charge in [0.05, 0.1) is 6.20 Å². The van der Waals surface area contributed by atoms with E-state index in [1.165, 1.54) is 18.4 Å². The summed E-state index contributed by atoms with van der Waals surface area (Å²) in [5.74, 6) is 1.59. The Kier molecular flexibility index (Phi) is 4.18. The summed E-state index contributed by atoms with van der Waals surface area (Å²) in [6.07, 6.45) is 12.1. The Labute approximate surface area is 157 Å². The van der Waals surface area contributed by atoms with Crippen molar-refractivity contribution in [2.75, 3.05) is 13.1 Å². The maximum Gasteiger partial charge on any atom is 0.162 e. The Morgan fingerprint density at radius 3 is 2.89 bits per heavy atom. The van der Waals surface area contributed by atoms with Crippen molar-refractivity contribution in [1.82, 2.24) is 29.5 Å². The zero-order valence-electron chi connectivity index (χ0n) is 15.1. The third-order valence-electron chi connectivity index (χ3n) is 5.31. The molecule has 27 heavy (non-hydrogen) atoms. The van der Waals surface area contributed by atoms with Gasteiger partial charge >= 0.3 is 0 Å². The SMILES string of the molecule is c1ccc(-c2cnn3cc(CN4CCC[C@@H](c5ncc[nH]5)C4)cnc23)cc1. The van der Waals surface area contributed by atoms with E-state index in [-0.39, 0.29) is 0 Å². The second-order valence-electron chi connectivity index (χ2n) is 7.20. The number of piperidine rings is 1. The van der Waals surface area contributed by atoms with Crippen molar-refractivity contribution in [3.05, 3.63) is 72.7 Å². The molecule has 0 bridgehead atoms. The number of hydrogen-bond acceptors (Lipinski definition) is 4. The van der Waals surface area contributed by atoms with Gasteiger partial charge in [-0.3, -0.25) is 4.90 Å². The Hall–Kier alpha value is -2.99. The van der Waals surface area contributed by atoms with E-state index in [0.717, 1.165) is 42.2 Å². The molecule has 1 N–H and O–H groups in total. The van der Waals surface area contributed by atoms with Crippen LogP contribution in [-0.2, 0) is 6.54 Å². The van der Waals surface area contributed by atoms with Gasteiger partial charge in [0.1, 0.15) is 5.82 Å². The van der Waals surface area contributed by atoms with Gasteiger partial charge in [-0.2, -0.15) is 5.10 Å². The molecule has 1 atom stereocenters. The van der Waals surface area contributed by atoms with Gasteiger partial charge in [0.15, 0.2) is 5.65 Å². The molecule has 0 saturated carbocycles. The molecule has 1 aliphatic rings. The van der Waals surface area contributed by atoms with Gasteiger partial charge in [-0.1, -0.05) is 30.3 Å². The van der Waals surface area contributed by atoms with Crippen LogP contribution in [0.4, 0.5) is 0 Å². The number of nitrogens with zero attached hydrogens (tertiary/aromatic N) is 5. The van der Waals surface area contributed by atoms with Crippen LogP contribution in [0.1, 0.15) is 30.1 Å². The van der Waals surface area contributed by atoms with Crippen molar-refractivity contribution < 1.29 is 0 Å². The van der Waals surface area contributed by atoms with E-state index in [0.29, 0.717) is 5.92 Å². The second-order valence-corrected chi connectivity index (χ2v) is 7.20. The van der Waals surface area contributed by atoms with Crippen LogP contribution in [0.25, 0.3) is 16.8 Å². The van der Waals surface area contributed by atoms with Gasteiger partial charge in [0.2, 0.25) is 0 Å². The number of likely N-dealkylation sites (tertiary alicyclic amines) is 1. The predicted octanol–water partition coefficient (Wildman–Crippen LogP) is 3.50. The van der Waals surface area contributed by atoms with Crippen molar-refractivity contribution in [2.24, 2.45) is 0 Å². The van der Waals surface area contributed by atoms with Crippen LogP contribution in [0.5, 0.6) is 0 Å². The molecular weight excluding hydrogens is 336 g/mol. The molecule has 136 valence electrons. The fourth-order valence-corrected chi connectivity index (χ4v) is 4.00. The standard InChI is InChI=1S/C21H22N6/c1-2-5-17(6-3-1)19-12-25-27-14-16(11-24-21(19)27)13-26-10-4-7-18(15-26)20-22-8-9-23-20/h1-3,5-6,8-9,11-12,14,18H,4,7,10,13,15H2,(H,22,23)/t18-/m1/s1. The number of rotatable bonds is 4. The zero-order valence-corrected chi connectivity index (χ0v) is 15.1. The molecule has 0 unspecified atom stereocenters. The lowest BCUT2D eigenvalue weighted by Gasteiger charge is -2.31. The van der Waals surface area contributed by atoms with Gasteiger partial charge in [0.25, 0.3) is 0 Å². The topological polar surface area (TPSA) is 62.1 Å². The highest BCUT2D eigenvalue weighted by Crippen LogP contribution is 2.26. The molecule has 1 aromatic carbocycles. The monoisotopic (exact) mass is 358 g/mol. The minimum absolute atomic E-state index is 0.486. The molecule has 5 rings (SSSR count). The van der Waals surface area contributed by atoms with Crippen LogP contribution in [0.2, 0.25) is 0 Å². The number of H-pyrrole nitrogens is 1. The molecule has 1 fully saturated rings. The van der Waals surface area contributed by atoms with Crippen LogP contribution in [0.3, 0.4) is 0 Å². The van der Waals surface area contributed by atoms with Crippen LogP contribution in [0.15, 0.2) is 61.3 Å². The molecule has 0 spiro atoms. The first-order chi connectivity index (χ1) is 13.4. The van der Waals surface area contributed by atoms with Crippen LogP contribution < -0.4 is 0 Å². The van der Waals surface area contributed by atoms with Gasteiger partial charge in [-0.15, -0.1) is 0 Å². The summed E-state index contributed by atoms with van der Waals surface area (Å²) >= 11 is 0. The molecule has 0 amide bonds. The summed E-state index contributed by atoms with van der Waals surface area (Å²) in [6, 6.07) is 10.3. The van der Waals surface area contributed by atoms with Crippen molar-refractivity contribution in [3.63, 3.8) is 0 Å². The molecule has 6 heteroatoms. The predicted molar refractivity (Wildman–Crippen MR) is 104 cm³/mol. The number of aromatic nitrogens is 5. The summed E-state index contributed by atoms with van der Waals surface area (Å²) in [4.78, 5) is 14.9. The highest BCUT2D eigenvalue weighted by molar-refractivity contribution is 5.76. The summed E-state index contributed by atoms with van der Waals surface area (Å²) in [5.41, 5.74) is 4.30. The normalized spacial score (nSPS) is 18.1. The zero-order chi connectivity index (χ0) is 18.1. The fourth-order valence-electron chi connectivity index (χ4n) is 4.00. The van der Waals surface area contributed by atoms with Crippen LogP contribution in [-0.4, -0.2) is 42.6 Å². The van der Waals surface area contributed by atoms with Crippen LogP contribution in [0, 0.1) is 0 Å². The van der Waals surface area contributed by atoms with Gasteiger partial charge in [0, 0.05) is 54.9 Å². The smallest absolute Gasteiger partial charge is 0.162 e. The summed E-state index contributed by atoms with van der Waals surface area (Å²) < 4.78 is 1.89. The van der Waals surface area contributed by atoms with Crippen LogP contribution >= 0.6 is 0 Å². The van der Waals surface area contributed by atoms with E-state index >= 15 is 0 Å². The number of nitrogens with one attached hydrogen (secondary N) is 1. The maximum absolute atomic E-state index is 4.71. The first-order valence-electron chi connectivity index (χ1n) is 9.46. The Morgan fingerprint density at radius 1 is 1.11 bits per heavy atom. The van der Waals surface area contributed by atoms with E-state index in [9.17, 15) is 0 Å². The molecule has 6 nitrogen and oxygen atoms in total. The number of fused-ring (bicyclic) bond motifs is 1. The quantitative estimate of drug-likeness (QED) is 0.606. The van der Waals surface area contributed by atoms with Crippen molar-refractivity contribution in [2.45, 2.75) is 25.3 Å². The lowest BCUT2D eigenvalue weighted by Crippen LogP contribution is -2.34. The number of imidazole rings is 1. The summed E-state index contributed by atoms with van der Waals surface area (Å²) in [6.45, 7) is 3.03. The first-order valence-corrected chi connectivity index (χ1v) is 9.46. The van der Waals surface area contributed by atoms with E-state index in [1.807, 2.05) is 47.5 Å².